The van der Waals surface area contributed by atoms with Crippen LogP contribution in [0, 0.1) is 11.6 Å². The molecule has 1 aromatic rings. The van der Waals surface area contributed by atoms with Gasteiger partial charge in [-0.3, -0.25) is 4.90 Å². The second-order valence-corrected chi connectivity index (χ2v) is 4.23. The fraction of sp³-hybridized carbons (Fsp3) is 0.500. The van der Waals surface area contributed by atoms with E-state index in [2.05, 4.69) is 5.32 Å². The van der Waals surface area contributed by atoms with Gasteiger partial charge in [-0.1, -0.05) is 0 Å². The molecule has 0 aliphatic carbocycles. The number of nitrogens with zero attached hydrogens (tertiary/aromatic N) is 1. The van der Waals surface area contributed by atoms with Crippen LogP contribution in [0.1, 0.15) is 11.6 Å². The highest BCUT2D eigenvalue weighted by atomic mass is 19.3. The third-order valence-electron chi connectivity index (χ3n) is 3.06. The van der Waals surface area contributed by atoms with E-state index in [0.717, 1.165) is 18.2 Å². The number of alkyl halides is 2. The number of nitrogens with one attached hydrogen (secondary N) is 1. The zero-order chi connectivity index (χ0) is 13.1. The minimum absolute atomic E-state index is 0.271. The molecule has 0 unspecified atom stereocenters. The molecule has 1 aromatic carbocycles. The summed E-state index contributed by atoms with van der Waals surface area (Å²) in [5.74, 6) is -1.49. The lowest BCUT2D eigenvalue weighted by atomic mass is 10.0. The van der Waals surface area contributed by atoms with Gasteiger partial charge >= 0.3 is 0 Å². The van der Waals surface area contributed by atoms with Crippen molar-refractivity contribution < 1.29 is 17.6 Å². The van der Waals surface area contributed by atoms with Crippen LogP contribution in [-0.2, 0) is 0 Å². The fourth-order valence-corrected chi connectivity index (χ4v) is 2.19. The van der Waals surface area contributed by atoms with Gasteiger partial charge in [-0.05, 0) is 18.2 Å². The summed E-state index contributed by atoms with van der Waals surface area (Å²) in [5, 5.41) is 3.03. The van der Waals surface area contributed by atoms with Gasteiger partial charge in [0.25, 0.3) is 6.43 Å². The molecule has 2 rings (SSSR count). The molecule has 0 saturated carbocycles. The van der Waals surface area contributed by atoms with Gasteiger partial charge < -0.3 is 5.32 Å². The van der Waals surface area contributed by atoms with Crippen molar-refractivity contribution in [1.82, 2.24) is 10.2 Å². The number of piperazine rings is 1. The Balaban J connectivity index is 2.31. The molecular formula is C12H14F4N2. The summed E-state index contributed by atoms with van der Waals surface area (Å²) in [6, 6.07) is 1.29. The van der Waals surface area contributed by atoms with Gasteiger partial charge in [0.2, 0.25) is 0 Å². The summed E-state index contributed by atoms with van der Waals surface area (Å²) in [6.07, 6.45) is -2.75. The van der Waals surface area contributed by atoms with Crippen molar-refractivity contribution in [3.63, 3.8) is 0 Å². The molecule has 0 aromatic heterocycles. The number of hydrogen-bond donors (Lipinski definition) is 1. The van der Waals surface area contributed by atoms with Crippen LogP contribution in [0.5, 0.6) is 0 Å². The fourth-order valence-electron chi connectivity index (χ4n) is 2.19. The molecule has 1 N–H and O–H groups in total. The van der Waals surface area contributed by atoms with Gasteiger partial charge in [0, 0.05) is 31.7 Å². The molecular weight excluding hydrogens is 248 g/mol. The number of benzene rings is 1. The number of halogens is 4. The van der Waals surface area contributed by atoms with E-state index in [-0.39, 0.29) is 5.56 Å². The predicted molar refractivity (Wildman–Crippen MR) is 59.5 cm³/mol. The summed E-state index contributed by atoms with van der Waals surface area (Å²) in [6.45, 7) is 1.93. The Kier molecular flexibility index (Phi) is 4.19. The normalized spacial score (nSPS) is 19.2. The lowest BCUT2D eigenvalue weighted by molar-refractivity contribution is 0.0162. The van der Waals surface area contributed by atoms with Crippen molar-refractivity contribution >= 4 is 0 Å². The quantitative estimate of drug-likeness (QED) is 0.840. The first-order chi connectivity index (χ1) is 8.59. The molecule has 0 amide bonds. The maximum atomic E-state index is 13.6. The van der Waals surface area contributed by atoms with Crippen LogP contribution in [0.3, 0.4) is 0 Å². The van der Waals surface area contributed by atoms with Crippen molar-refractivity contribution in [1.29, 1.82) is 0 Å². The molecule has 1 fully saturated rings. The summed E-state index contributed by atoms with van der Waals surface area (Å²) in [7, 11) is 0. The number of hydrogen-bond acceptors (Lipinski definition) is 2. The van der Waals surface area contributed by atoms with Crippen LogP contribution >= 0.6 is 0 Å². The number of rotatable bonds is 3. The Morgan fingerprint density at radius 2 is 1.78 bits per heavy atom. The van der Waals surface area contributed by atoms with E-state index in [1.807, 2.05) is 0 Å². The molecule has 1 saturated heterocycles. The average Bonchev–Trinajstić information content (AvgIpc) is 2.35. The first kappa shape index (κ1) is 13.3. The monoisotopic (exact) mass is 262 g/mol. The van der Waals surface area contributed by atoms with E-state index in [0.29, 0.717) is 26.2 Å². The van der Waals surface area contributed by atoms with Crippen molar-refractivity contribution in [3.8, 4) is 0 Å². The molecule has 100 valence electrons. The van der Waals surface area contributed by atoms with Crippen LogP contribution < -0.4 is 5.32 Å². The van der Waals surface area contributed by atoms with Crippen LogP contribution in [0.15, 0.2) is 18.2 Å². The largest absolute Gasteiger partial charge is 0.314 e. The molecule has 18 heavy (non-hydrogen) atoms. The lowest BCUT2D eigenvalue weighted by Crippen LogP contribution is -2.47. The van der Waals surface area contributed by atoms with E-state index in [1.54, 1.807) is 0 Å². The third kappa shape index (κ3) is 2.81. The van der Waals surface area contributed by atoms with E-state index in [9.17, 15) is 17.6 Å². The minimum atomic E-state index is -2.75. The highest BCUT2D eigenvalue weighted by Gasteiger charge is 2.32. The Bertz CT molecular complexity index is 405. The van der Waals surface area contributed by atoms with Crippen molar-refractivity contribution in [3.05, 3.63) is 35.4 Å². The first-order valence-electron chi connectivity index (χ1n) is 5.77. The van der Waals surface area contributed by atoms with Gasteiger partial charge in [-0.15, -0.1) is 0 Å². The highest BCUT2D eigenvalue weighted by Crippen LogP contribution is 2.30. The lowest BCUT2D eigenvalue weighted by Gasteiger charge is -2.34. The predicted octanol–water partition coefficient (Wildman–Crippen LogP) is 2.18. The molecule has 0 radical (unpaired) electrons. The minimum Gasteiger partial charge on any atom is -0.314 e. The van der Waals surface area contributed by atoms with Crippen LogP contribution in [0.25, 0.3) is 0 Å². The summed E-state index contributed by atoms with van der Waals surface area (Å²) < 4.78 is 52.9. The van der Waals surface area contributed by atoms with E-state index in [4.69, 9.17) is 0 Å². The van der Waals surface area contributed by atoms with Gasteiger partial charge in [-0.25, -0.2) is 17.6 Å². The van der Waals surface area contributed by atoms with Gasteiger partial charge in [0.1, 0.15) is 11.6 Å². The zero-order valence-corrected chi connectivity index (χ0v) is 9.67. The van der Waals surface area contributed by atoms with Crippen LogP contribution in [0.2, 0.25) is 0 Å². The van der Waals surface area contributed by atoms with Crippen molar-refractivity contribution in [2.75, 3.05) is 26.2 Å². The molecule has 0 spiro atoms. The Labute approximate surface area is 103 Å². The van der Waals surface area contributed by atoms with E-state index < -0.39 is 24.1 Å². The first-order valence-corrected chi connectivity index (χ1v) is 5.77. The van der Waals surface area contributed by atoms with Gasteiger partial charge in [0.05, 0.1) is 6.04 Å². The standard InChI is InChI=1S/C12H14F4N2/c13-8-1-2-10(14)9(7-8)11(12(15)16)18-5-3-17-4-6-18/h1-2,7,11-12,17H,3-6H2/t11-/m1/s1. The molecule has 6 heteroatoms. The Morgan fingerprint density at radius 3 is 2.39 bits per heavy atom. The molecule has 1 atom stereocenters. The maximum absolute atomic E-state index is 13.6. The topological polar surface area (TPSA) is 15.3 Å². The smallest absolute Gasteiger partial charge is 0.258 e. The van der Waals surface area contributed by atoms with E-state index in [1.165, 1.54) is 4.90 Å². The maximum Gasteiger partial charge on any atom is 0.258 e. The molecule has 0 bridgehead atoms. The second-order valence-electron chi connectivity index (χ2n) is 4.23. The summed E-state index contributed by atoms with van der Waals surface area (Å²) in [4.78, 5) is 1.49. The highest BCUT2D eigenvalue weighted by molar-refractivity contribution is 5.23. The molecule has 1 heterocycles. The second kappa shape index (κ2) is 5.67. The SMILES string of the molecule is Fc1ccc(F)c([C@H](C(F)F)N2CCNCC2)c1. The van der Waals surface area contributed by atoms with Crippen LogP contribution in [0.4, 0.5) is 17.6 Å². The molecule has 1 aliphatic heterocycles. The van der Waals surface area contributed by atoms with Crippen LogP contribution in [-0.4, -0.2) is 37.5 Å². The summed E-state index contributed by atoms with van der Waals surface area (Å²) in [5.41, 5.74) is -0.271. The average molecular weight is 262 g/mol. The Morgan fingerprint density at radius 1 is 1.11 bits per heavy atom. The summed E-state index contributed by atoms with van der Waals surface area (Å²) >= 11 is 0. The van der Waals surface area contributed by atoms with E-state index >= 15 is 0 Å². The third-order valence-corrected chi connectivity index (χ3v) is 3.06. The molecule has 1 aliphatic rings. The zero-order valence-electron chi connectivity index (χ0n) is 9.67. The molecule has 2 nitrogen and oxygen atoms in total. The van der Waals surface area contributed by atoms with Gasteiger partial charge in [-0.2, -0.15) is 0 Å². The van der Waals surface area contributed by atoms with Crippen molar-refractivity contribution in [2.24, 2.45) is 0 Å². The van der Waals surface area contributed by atoms with Gasteiger partial charge in [0.15, 0.2) is 0 Å². The Hall–Kier alpha value is -1.14. The van der Waals surface area contributed by atoms with Crippen molar-refractivity contribution in [2.45, 2.75) is 12.5 Å².